The summed E-state index contributed by atoms with van der Waals surface area (Å²) in [4.78, 5) is 28.5. The highest BCUT2D eigenvalue weighted by atomic mass is 16.2. The number of pyridine rings is 1. The van der Waals surface area contributed by atoms with E-state index in [1.54, 1.807) is 30.3 Å². The molecule has 1 heterocycles. The molecule has 0 fully saturated rings. The predicted octanol–water partition coefficient (Wildman–Crippen LogP) is 3.13. The summed E-state index contributed by atoms with van der Waals surface area (Å²) in [5, 5.41) is 14.5. The van der Waals surface area contributed by atoms with Crippen molar-refractivity contribution in [2.75, 3.05) is 11.9 Å². The number of nitrogens with one attached hydrogen (secondary N) is 2. The van der Waals surface area contributed by atoms with Crippen molar-refractivity contribution in [3.63, 3.8) is 0 Å². The first kappa shape index (κ1) is 18.1. The van der Waals surface area contributed by atoms with E-state index in [4.69, 9.17) is 5.26 Å². The quantitative estimate of drug-likeness (QED) is 0.759. The van der Waals surface area contributed by atoms with Gasteiger partial charge >= 0.3 is 0 Å². The number of anilines is 1. The van der Waals surface area contributed by atoms with Gasteiger partial charge in [-0.2, -0.15) is 5.26 Å². The van der Waals surface area contributed by atoms with Crippen molar-refractivity contribution in [2.24, 2.45) is 0 Å². The normalized spacial score (nSPS) is 9.92. The van der Waals surface area contributed by atoms with Gasteiger partial charge in [0.1, 0.15) is 11.8 Å². The van der Waals surface area contributed by atoms with Crippen LogP contribution >= 0.6 is 0 Å². The van der Waals surface area contributed by atoms with Crippen LogP contribution in [0.15, 0.2) is 42.6 Å². The molecule has 0 atom stereocenters. The van der Waals surface area contributed by atoms with Crippen molar-refractivity contribution in [3.8, 4) is 6.07 Å². The number of aromatic nitrogens is 1. The zero-order valence-electron chi connectivity index (χ0n) is 14.1. The average Bonchev–Trinajstić information content (AvgIpc) is 2.65. The van der Waals surface area contributed by atoms with E-state index in [1.165, 1.54) is 12.3 Å². The Bertz CT molecular complexity index is 796. The zero-order valence-corrected chi connectivity index (χ0v) is 14.1. The van der Waals surface area contributed by atoms with Gasteiger partial charge in [0.05, 0.1) is 11.3 Å². The molecule has 0 aliphatic carbocycles. The molecule has 6 heteroatoms. The number of nitriles is 1. The minimum atomic E-state index is -0.469. The molecule has 6 nitrogen and oxygen atoms in total. The van der Waals surface area contributed by atoms with E-state index < -0.39 is 5.91 Å². The van der Waals surface area contributed by atoms with Gasteiger partial charge in [-0.15, -0.1) is 0 Å². The Morgan fingerprint density at radius 2 is 1.96 bits per heavy atom. The lowest BCUT2D eigenvalue weighted by Crippen LogP contribution is -2.25. The fraction of sp³-hybridized carbons (Fsp3) is 0.263. The summed E-state index contributed by atoms with van der Waals surface area (Å²) in [7, 11) is 0. The third-order valence-electron chi connectivity index (χ3n) is 3.62. The molecule has 1 aromatic heterocycles. The maximum absolute atomic E-state index is 12.3. The van der Waals surface area contributed by atoms with E-state index in [-0.39, 0.29) is 11.6 Å². The van der Waals surface area contributed by atoms with Crippen molar-refractivity contribution >= 4 is 17.5 Å². The molecule has 0 saturated heterocycles. The second kappa shape index (κ2) is 9.18. The highest BCUT2D eigenvalue weighted by Crippen LogP contribution is 2.15. The fourth-order valence-corrected chi connectivity index (χ4v) is 2.25. The number of amides is 2. The summed E-state index contributed by atoms with van der Waals surface area (Å²) in [5.74, 6) is -0.701. The molecule has 2 aromatic rings. The van der Waals surface area contributed by atoms with Crippen LogP contribution in [0.1, 0.15) is 52.6 Å². The molecule has 1 aromatic carbocycles. The van der Waals surface area contributed by atoms with Gasteiger partial charge in [0, 0.05) is 18.3 Å². The molecule has 2 amide bonds. The van der Waals surface area contributed by atoms with Crippen LogP contribution in [0.2, 0.25) is 0 Å². The van der Waals surface area contributed by atoms with Crippen molar-refractivity contribution in [3.05, 3.63) is 59.4 Å². The van der Waals surface area contributed by atoms with Crippen LogP contribution in [-0.4, -0.2) is 23.3 Å². The third kappa shape index (κ3) is 5.15. The summed E-state index contributed by atoms with van der Waals surface area (Å²) in [6, 6.07) is 11.7. The number of para-hydroxylation sites is 1. The summed E-state index contributed by atoms with van der Waals surface area (Å²) >= 11 is 0. The number of benzene rings is 1. The molecule has 25 heavy (non-hydrogen) atoms. The molecular weight excluding hydrogens is 316 g/mol. The van der Waals surface area contributed by atoms with E-state index in [1.807, 2.05) is 6.07 Å². The molecule has 2 N–H and O–H groups in total. The lowest BCUT2D eigenvalue weighted by molar-refractivity contribution is 0.0953. The van der Waals surface area contributed by atoms with E-state index >= 15 is 0 Å². The largest absolute Gasteiger partial charge is 0.352 e. The number of nitrogens with zero attached hydrogens (tertiary/aromatic N) is 2. The van der Waals surface area contributed by atoms with Gasteiger partial charge in [-0.1, -0.05) is 31.9 Å². The number of hydrogen-bond donors (Lipinski definition) is 2. The summed E-state index contributed by atoms with van der Waals surface area (Å²) < 4.78 is 0. The van der Waals surface area contributed by atoms with Crippen molar-refractivity contribution in [1.82, 2.24) is 10.3 Å². The number of carbonyl (C=O) groups is 2. The van der Waals surface area contributed by atoms with Crippen LogP contribution in [0.3, 0.4) is 0 Å². The van der Waals surface area contributed by atoms with E-state index in [0.717, 1.165) is 19.3 Å². The summed E-state index contributed by atoms with van der Waals surface area (Å²) in [6.07, 6.45) is 4.49. The lowest BCUT2D eigenvalue weighted by atomic mass is 10.1. The van der Waals surface area contributed by atoms with Gasteiger partial charge < -0.3 is 10.6 Å². The Labute approximate surface area is 146 Å². The maximum atomic E-state index is 12.3. The first-order valence-corrected chi connectivity index (χ1v) is 8.20. The minimum absolute atomic E-state index is 0.119. The van der Waals surface area contributed by atoms with E-state index in [0.29, 0.717) is 23.4 Å². The molecule has 0 saturated carbocycles. The second-order valence-electron chi connectivity index (χ2n) is 5.50. The number of carbonyl (C=O) groups excluding carboxylic acids is 2. The van der Waals surface area contributed by atoms with Gasteiger partial charge in [-0.25, -0.2) is 0 Å². The minimum Gasteiger partial charge on any atom is -0.352 e. The van der Waals surface area contributed by atoms with Crippen LogP contribution in [0, 0.1) is 11.3 Å². The Hall–Kier alpha value is -3.20. The van der Waals surface area contributed by atoms with Crippen LogP contribution in [-0.2, 0) is 0 Å². The lowest BCUT2D eigenvalue weighted by Gasteiger charge is -2.08. The summed E-state index contributed by atoms with van der Waals surface area (Å²) in [5.41, 5.74) is 1.27. The molecule has 2 rings (SSSR count). The highest BCUT2D eigenvalue weighted by Gasteiger charge is 2.13. The maximum Gasteiger partial charge on any atom is 0.274 e. The number of unbranched alkanes of at least 4 members (excludes halogenated alkanes) is 2. The van der Waals surface area contributed by atoms with E-state index in [9.17, 15) is 9.59 Å². The monoisotopic (exact) mass is 336 g/mol. The Morgan fingerprint density at radius 3 is 2.72 bits per heavy atom. The smallest absolute Gasteiger partial charge is 0.274 e. The molecule has 0 aliphatic rings. The van der Waals surface area contributed by atoms with Gasteiger partial charge in [-0.3, -0.25) is 14.6 Å². The molecule has 0 radical (unpaired) electrons. The van der Waals surface area contributed by atoms with Gasteiger partial charge in [-0.05, 0) is 30.7 Å². The molecular formula is C19H20N4O2. The SMILES string of the molecule is CCCCCNC(=O)c1ccnc(C(=O)Nc2ccccc2C#N)c1. The van der Waals surface area contributed by atoms with Crippen molar-refractivity contribution in [1.29, 1.82) is 5.26 Å². The fourth-order valence-electron chi connectivity index (χ4n) is 2.25. The molecule has 0 unspecified atom stereocenters. The zero-order chi connectivity index (χ0) is 18.1. The van der Waals surface area contributed by atoms with Gasteiger partial charge in [0.25, 0.3) is 11.8 Å². The van der Waals surface area contributed by atoms with Crippen LogP contribution in [0.4, 0.5) is 5.69 Å². The third-order valence-corrected chi connectivity index (χ3v) is 3.62. The summed E-state index contributed by atoms with van der Waals surface area (Å²) in [6.45, 7) is 2.70. The predicted molar refractivity (Wildman–Crippen MR) is 95.2 cm³/mol. The van der Waals surface area contributed by atoms with Crippen molar-refractivity contribution in [2.45, 2.75) is 26.2 Å². The van der Waals surface area contributed by atoms with Gasteiger partial charge in [0.15, 0.2) is 0 Å². The Morgan fingerprint density at radius 1 is 1.16 bits per heavy atom. The average molecular weight is 336 g/mol. The first-order chi connectivity index (χ1) is 12.2. The van der Waals surface area contributed by atoms with Crippen LogP contribution < -0.4 is 10.6 Å². The highest BCUT2D eigenvalue weighted by molar-refractivity contribution is 6.05. The Balaban J connectivity index is 2.06. The number of rotatable bonds is 7. The molecule has 0 spiro atoms. The first-order valence-electron chi connectivity index (χ1n) is 8.20. The van der Waals surface area contributed by atoms with E-state index in [2.05, 4.69) is 22.5 Å². The molecule has 128 valence electrons. The standard InChI is InChI=1S/C19H20N4O2/c1-2-3-6-10-22-18(24)14-9-11-21-17(12-14)19(25)23-16-8-5-4-7-15(16)13-20/h4-5,7-9,11-12H,2-3,6,10H2,1H3,(H,22,24)(H,23,25). The molecule has 0 aliphatic heterocycles. The van der Waals surface area contributed by atoms with Crippen LogP contribution in [0.25, 0.3) is 0 Å². The topological polar surface area (TPSA) is 94.9 Å². The van der Waals surface area contributed by atoms with Gasteiger partial charge in [0.2, 0.25) is 0 Å². The Kier molecular flexibility index (Phi) is 6.66. The van der Waals surface area contributed by atoms with Crippen LogP contribution in [0.5, 0.6) is 0 Å². The number of hydrogen-bond acceptors (Lipinski definition) is 4. The molecule has 0 bridgehead atoms. The second-order valence-corrected chi connectivity index (χ2v) is 5.50. The van der Waals surface area contributed by atoms with Crippen molar-refractivity contribution < 1.29 is 9.59 Å².